The predicted molar refractivity (Wildman–Crippen MR) is 53.5 cm³/mol. The highest BCUT2D eigenvalue weighted by Gasteiger charge is 2.22. The predicted octanol–water partition coefficient (Wildman–Crippen LogP) is 1.74. The Hall–Kier alpha value is -1.49. The van der Waals surface area contributed by atoms with Gasteiger partial charge in [-0.2, -0.15) is 0 Å². The number of rotatable bonds is 2. The van der Waals surface area contributed by atoms with Crippen LogP contribution in [0.5, 0.6) is 0 Å². The summed E-state index contributed by atoms with van der Waals surface area (Å²) in [6, 6.07) is 2.23. The van der Waals surface area contributed by atoms with Gasteiger partial charge in [0, 0.05) is 6.54 Å². The highest BCUT2D eigenvalue weighted by Crippen LogP contribution is 2.25. The van der Waals surface area contributed by atoms with Gasteiger partial charge in [-0.25, -0.2) is 13.6 Å². The lowest BCUT2D eigenvalue weighted by molar-refractivity contribution is 0.0686. The number of aromatic carboxylic acids is 1. The second-order valence-electron chi connectivity index (χ2n) is 3.85. The molecule has 0 aliphatic carbocycles. The maximum Gasteiger partial charge on any atom is 0.341 e. The molecule has 0 amide bonds. The van der Waals surface area contributed by atoms with Crippen molar-refractivity contribution in [1.29, 1.82) is 0 Å². The third kappa shape index (κ3) is 1.90. The van der Waals surface area contributed by atoms with Gasteiger partial charge in [0.15, 0.2) is 0 Å². The molecule has 1 aromatic carbocycles. The second kappa shape index (κ2) is 4.17. The molecule has 1 unspecified atom stereocenters. The van der Waals surface area contributed by atoms with E-state index in [0.717, 1.165) is 25.1 Å². The molecule has 0 aromatic heterocycles. The zero-order valence-corrected chi connectivity index (χ0v) is 8.46. The average molecular weight is 227 g/mol. The van der Waals surface area contributed by atoms with Crippen LogP contribution in [0.3, 0.4) is 0 Å². The first-order valence-corrected chi connectivity index (χ1v) is 5.02. The molecule has 0 radical (unpaired) electrons. The lowest BCUT2D eigenvalue weighted by Gasteiger charge is -2.10. The summed E-state index contributed by atoms with van der Waals surface area (Å²) < 4.78 is 26.7. The van der Waals surface area contributed by atoms with Gasteiger partial charge in [-0.3, -0.25) is 0 Å². The number of carboxylic acids is 1. The summed E-state index contributed by atoms with van der Waals surface area (Å²) in [6.45, 7) is 1.49. The van der Waals surface area contributed by atoms with Crippen molar-refractivity contribution in [2.45, 2.75) is 12.3 Å². The number of carboxylic acid groups (broad SMARTS) is 1. The molecule has 1 fully saturated rings. The van der Waals surface area contributed by atoms with Crippen molar-refractivity contribution >= 4 is 5.97 Å². The Morgan fingerprint density at radius 3 is 2.44 bits per heavy atom. The Balaban J connectivity index is 2.40. The van der Waals surface area contributed by atoms with Gasteiger partial charge in [-0.05, 0) is 36.6 Å². The summed E-state index contributed by atoms with van der Waals surface area (Å²) in [5, 5.41) is 11.7. The Morgan fingerprint density at radius 1 is 1.38 bits per heavy atom. The van der Waals surface area contributed by atoms with E-state index in [4.69, 9.17) is 5.11 Å². The van der Waals surface area contributed by atoms with Gasteiger partial charge in [0.25, 0.3) is 0 Å². The zero-order chi connectivity index (χ0) is 11.7. The van der Waals surface area contributed by atoms with E-state index in [1.807, 2.05) is 0 Å². The molecule has 1 atom stereocenters. The minimum atomic E-state index is -1.58. The van der Waals surface area contributed by atoms with Crippen molar-refractivity contribution in [2.75, 3.05) is 13.1 Å². The summed E-state index contributed by atoms with van der Waals surface area (Å²) in [7, 11) is 0. The first-order chi connectivity index (χ1) is 7.59. The Bertz CT molecular complexity index is 405. The molecule has 0 saturated carbocycles. The SMILES string of the molecule is O=C(O)c1c(F)cc(C2CCNC2)cc1F. The van der Waals surface area contributed by atoms with Crippen LogP contribution < -0.4 is 5.32 Å². The maximum atomic E-state index is 13.4. The summed E-state index contributed by atoms with van der Waals surface area (Å²) in [5.74, 6) is -3.53. The van der Waals surface area contributed by atoms with E-state index < -0.39 is 23.2 Å². The first kappa shape index (κ1) is 11.0. The van der Waals surface area contributed by atoms with Crippen molar-refractivity contribution < 1.29 is 18.7 Å². The molecule has 1 aromatic rings. The van der Waals surface area contributed by atoms with Gasteiger partial charge in [-0.1, -0.05) is 0 Å². The van der Waals surface area contributed by atoms with Crippen molar-refractivity contribution in [3.63, 3.8) is 0 Å². The van der Waals surface area contributed by atoms with Crippen LogP contribution in [0.2, 0.25) is 0 Å². The molecule has 3 nitrogen and oxygen atoms in total. The lowest BCUT2D eigenvalue weighted by Crippen LogP contribution is -2.10. The van der Waals surface area contributed by atoms with Gasteiger partial charge >= 0.3 is 5.97 Å². The van der Waals surface area contributed by atoms with Crippen LogP contribution in [0.15, 0.2) is 12.1 Å². The summed E-state index contributed by atoms with van der Waals surface area (Å²) >= 11 is 0. The molecule has 2 N–H and O–H groups in total. The molecular weight excluding hydrogens is 216 g/mol. The van der Waals surface area contributed by atoms with Crippen LogP contribution in [-0.4, -0.2) is 24.2 Å². The number of nitrogens with one attached hydrogen (secondary N) is 1. The minimum Gasteiger partial charge on any atom is -0.477 e. The fraction of sp³-hybridized carbons (Fsp3) is 0.364. The normalized spacial score (nSPS) is 20.0. The van der Waals surface area contributed by atoms with E-state index in [0.29, 0.717) is 12.1 Å². The van der Waals surface area contributed by atoms with E-state index in [9.17, 15) is 13.6 Å². The van der Waals surface area contributed by atoms with E-state index in [2.05, 4.69) is 5.32 Å². The van der Waals surface area contributed by atoms with Gasteiger partial charge in [0.05, 0.1) is 0 Å². The molecule has 1 aliphatic heterocycles. The summed E-state index contributed by atoms with van der Waals surface area (Å²) in [6.07, 6.45) is 0.811. The fourth-order valence-electron chi connectivity index (χ4n) is 1.97. The van der Waals surface area contributed by atoms with Crippen molar-refractivity contribution in [1.82, 2.24) is 5.32 Å². The minimum absolute atomic E-state index is 0.0619. The molecule has 5 heteroatoms. The number of hydrogen-bond acceptors (Lipinski definition) is 2. The third-order valence-corrected chi connectivity index (χ3v) is 2.81. The Kier molecular flexibility index (Phi) is 2.87. The summed E-state index contributed by atoms with van der Waals surface area (Å²) in [4.78, 5) is 10.6. The van der Waals surface area contributed by atoms with Gasteiger partial charge in [0.2, 0.25) is 0 Å². The smallest absolute Gasteiger partial charge is 0.341 e. The Morgan fingerprint density at radius 2 is 2.00 bits per heavy atom. The van der Waals surface area contributed by atoms with Gasteiger partial charge < -0.3 is 10.4 Å². The molecule has 0 bridgehead atoms. The first-order valence-electron chi connectivity index (χ1n) is 5.02. The van der Waals surface area contributed by atoms with Crippen molar-refractivity contribution in [3.8, 4) is 0 Å². The summed E-state index contributed by atoms with van der Waals surface area (Å²) in [5.41, 5.74) is -0.361. The highest BCUT2D eigenvalue weighted by atomic mass is 19.1. The molecule has 16 heavy (non-hydrogen) atoms. The standard InChI is InChI=1S/C11H11F2NO2/c12-8-3-7(6-1-2-14-5-6)4-9(13)10(8)11(15)16/h3-4,6,14H,1-2,5H2,(H,15,16). The van der Waals surface area contributed by atoms with E-state index in [1.54, 1.807) is 0 Å². The van der Waals surface area contributed by atoms with Gasteiger partial charge in [-0.15, -0.1) is 0 Å². The number of benzene rings is 1. The van der Waals surface area contributed by atoms with Crippen molar-refractivity contribution in [3.05, 3.63) is 34.9 Å². The second-order valence-corrected chi connectivity index (χ2v) is 3.85. The topological polar surface area (TPSA) is 49.3 Å². The molecule has 2 rings (SSSR count). The van der Waals surface area contributed by atoms with Crippen LogP contribution >= 0.6 is 0 Å². The average Bonchev–Trinajstić information content (AvgIpc) is 2.67. The molecule has 1 heterocycles. The number of carbonyl (C=O) groups is 1. The lowest BCUT2D eigenvalue weighted by atomic mass is 9.96. The Labute approximate surface area is 91.1 Å². The maximum absolute atomic E-state index is 13.4. The van der Waals surface area contributed by atoms with Crippen LogP contribution in [0, 0.1) is 11.6 Å². The van der Waals surface area contributed by atoms with E-state index >= 15 is 0 Å². The zero-order valence-electron chi connectivity index (χ0n) is 8.46. The largest absolute Gasteiger partial charge is 0.477 e. The monoisotopic (exact) mass is 227 g/mol. The molecule has 1 saturated heterocycles. The van der Waals surface area contributed by atoms with Crippen LogP contribution in [-0.2, 0) is 0 Å². The van der Waals surface area contributed by atoms with E-state index in [-0.39, 0.29) is 5.92 Å². The quantitative estimate of drug-likeness (QED) is 0.809. The van der Waals surface area contributed by atoms with Crippen LogP contribution in [0.4, 0.5) is 8.78 Å². The van der Waals surface area contributed by atoms with Crippen LogP contribution in [0.1, 0.15) is 28.3 Å². The molecule has 86 valence electrons. The number of halogens is 2. The molecule has 0 spiro atoms. The fourth-order valence-corrected chi connectivity index (χ4v) is 1.97. The van der Waals surface area contributed by atoms with Crippen molar-refractivity contribution in [2.24, 2.45) is 0 Å². The number of hydrogen-bond donors (Lipinski definition) is 2. The molecule has 1 aliphatic rings. The van der Waals surface area contributed by atoms with E-state index in [1.165, 1.54) is 0 Å². The highest BCUT2D eigenvalue weighted by molar-refractivity contribution is 5.88. The molecular formula is C11H11F2NO2. The third-order valence-electron chi connectivity index (χ3n) is 2.81. The van der Waals surface area contributed by atoms with Gasteiger partial charge in [0.1, 0.15) is 17.2 Å². The van der Waals surface area contributed by atoms with Crippen LogP contribution in [0.25, 0.3) is 0 Å².